The van der Waals surface area contributed by atoms with Crippen molar-refractivity contribution in [3.63, 3.8) is 0 Å². The molecule has 0 radical (unpaired) electrons. The molecule has 0 aromatic heterocycles. The highest BCUT2D eigenvalue weighted by Crippen LogP contribution is 2.33. The monoisotopic (exact) mass is 212 g/mol. The van der Waals surface area contributed by atoms with Crippen molar-refractivity contribution in [2.24, 2.45) is 5.41 Å². The van der Waals surface area contributed by atoms with Crippen LogP contribution in [0.5, 0.6) is 0 Å². The van der Waals surface area contributed by atoms with E-state index in [0.29, 0.717) is 5.41 Å². The van der Waals surface area contributed by atoms with Gasteiger partial charge in [-0.3, -0.25) is 0 Å². The molecule has 0 aliphatic carbocycles. The van der Waals surface area contributed by atoms with Crippen molar-refractivity contribution in [1.82, 2.24) is 9.80 Å². The molecule has 0 aromatic carbocycles. The Bertz CT molecular complexity index is 173. The van der Waals surface area contributed by atoms with Crippen molar-refractivity contribution < 1.29 is 0 Å². The molecular formula is C13H28N2. The molecule has 0 bridgehead atoms. The molecule has 90 valence electrons. The molecule has 1 aliphatic rings. The quantitative estimate of drug-likeness (QED) is 0.639. The largest absolute Gasteiger partial charge is 0.306 e. The molecule has 0 aromatic rings. The molecular weight excluding hydrogens is 184 g/mol. The van der Waals surface area contributed by atoms with Crippen molar-refractivity contribution in [3.8, 4) is 0 Å². The third-order valence-corrected chi connectivity index (χ3v) is 3.45. The maximum absolute atomic E-state index is 2.58. The van der Waals surface area contributed by atoms with Gasteiger partial charge >= 0.3 is 0 Å². The molecule has 0 N–H and O–H groups in total. The number of rotatable bonds is 7. The number of likely N-dealkylation sites (tertiary alicyclic amines) is 1. The number of hydrogen-bond acceptors (Lipinski definition) is 2. The van der Waals surface area contributed by atoms with Gasteiger partial charge in [0.05, 0.1) is 0 Å². The van der Waals surface area contributed by atoms with Gasteiger partial charge in [-0.2, -0.15) is 0 Å². The fourth-order valence-electron chi connectivity index (χ4n) is 2.62. The van der Waals surface area contributed by atoms with Crippen LogP contribution in [0.4, 0.5) is 0 Å². The van der Waals surface area contributed by atoms with Gasteiger partial charge < -0.3 is 9.80 Å². The second kappa shape index (κ2) is 5.86. The van der Waals surface area contributed by atoms with Crippen LogP contribution >= 0.6 is 0 Å². The maximum Gasteiger partial charge on any atom is 0.00483 e. The summed E-state index contributed by atoms with van der Waals surface area (Å²) in [4.78, 5) is 5.05. The summed E-state index contributed by atoms with van der Waals surface area (Å²) in [5.74, 6) is 0. The summed E-state index contributed by atoms with van der Waals surface area (Å²) < 4.78 is 0. The summed E-state index contributed by atoms with van der Waals surface area (Å²) >= 11 is 0. The van der Waals surface area contributed by atoms with Crippen molar-refractivity contribution in [1.29, 1.82) is 0 Å². The van der Waals surface area contributed by atoms with Crippen LogP contribution < -0.4 is 0 Å². The minimum Gasteiger partial charge on any atom is -0.306 e. The zero-order valence-electron chi connectivity index (χ0n) is 11.1. The summed E-state index contributed by atoms with van der Waals surface area (Å²) in [6, 6.07) is 0. The van der Waals surface area contributed by atoms with Gasteiger partial charge in [0.1, 0.15) is 0 Å². The Kier molecular flexibility index (Phi) is 5.07. The van der Waals surface area contributed by atoms with Crippen LogP contribution in [-0.4, -0.2) is 49.6 Å². The van der Waals surface area contributed by atoms with Gasteiger partial charge in [-0.05, 0) is 51.4 Å². The molecule has 2 nitrogen and oxygen atoms in total. The standard InChI is InChI=1S/C13H28N2/c1-5-8-14(4)10-7-13(3)11-15(12-13)9-6-2/h5-12H2,1-4H3. The van der Waals surface area contributed by atoms with E-state index in [2.05, 4.69) is 37.6 Å². The average Bonchev–Trinajstić information content (AvgIpc) is 2.13. The highest BCUT2D eigenvalue weighted by Gasteiger charge is 2.37. The number of nitrogens with zero attached hydrogens (tertiary/aromatic N) is 2. The van der Waals surface area contributed by atoms with E-state index in [4.69, 9.17) is 0 Å². The van der Waals surface area contributed by atoms with Crippen LogP contribution in [0.25, 0.3) is 0 Å². The van der Waals surface area contributed by atoms with E-state index in [1.54, 1.807) is 0 Å². The smallest absolute Gasteiger partial charge is 0.00483 e. The third kappa shape index (κ3) is 4.12. The lowest BCUT2D eigenvalue weighted by Gasteiger charge is -2.49. The predicted octanol–water partition coefficient (Wildman–Crippen LogP) is 2.45. The minimum atomic E-state index is 0.608. The van der Waals surface area contributed by atoms with Gasteiger partial charge in [-0.25, -0.2) is 0 Å². The molecule has 15 heavy (non-hydrogen) atoms. The zero-order valence-corrected chi connectivity index (χ0v) is 11.1. The van der Waals surface area contributed by atoms with Crippen LogP contribution in [0, 0.1) is 5.41 Å². The molecule has 1 fully saturated rings. The van der Waals surface area contributed by atoms with E-state index in [-0.39, 0.29) is 0 Å². The first kappa shape index (κ1) is 13.0. The van der Waals surface area contributed by atoms with E-state index in [0.717, 1.165) is 0 Å². The van der Waals surface area contributed by atoms with Gasteiger partial charge in [0.15, 0.2) is 0 Å². The Hall–Kier alpha value is -0.0800. The lowest BCUT2D eigenvalue weighted by Crippen LogP contribution is -2.55. The van der Waals surface area contributed by atoms with Crippen LogP contribution in [-0.2, 0) is 0 Å². The molecule has 1 heterocycles. The van der Waals surface area contributed by atoms with Crippen molar-refractivity contribution in [2.45, 2.75) is 40.0 Å². The first-order valence-electron chi connectivity index (χ1n) is 6.50. The fraction of sp³-hybridized carbons (Fsp3) is 1.00. The summed E-state index contributed by atoms with van der Waals surface area (Å²) in [5.41, 5.74) is 0.608. The highest BCUT2D eigenvalue weighted by molar-refractivity contribution is 4.91. The second-order valence-electron chi connectivity index (χ2n) is 5.57. The predicted molar refractivity (Wildman–Crippen MR) is 67.2 cm³/mol. The lowest BCUT2D eigenvalue weighted by atomic mass is 9.78. The Morgan fingerprint density at radius 2 is 1.80 bits per heavy atom. The molecule has 0 spiro atoms. The van der Waals surface area contributed by atoms with Crippen molar-refractivity contribution >= 4 is 0 Å². The van der Waals surface area contributed by atoms with E-state index in [1.807, 2.05) is 0 Å². The number of hydrogen-bond donors (Lipinski definition) is 0. The Morgan fingerprint density at radius 1 is 1.13 bits per heavy atom. The van der Waals surface area contributed by atoms with Crippen LogP contribution in [0.3, 0.4) is 0 Å². The van der Waals surface area contributed by atoms with Crippen LogP contribution in [0.2, 0.25) is 0 Å². The van der Waals surface area contributed by atoms with Crippen LogP contribution in [0.15, 0.2) is 0 Å². The topological polar surface area (TPSA) is 6.48 Å². The van der Waals surface area contributed by atoms with E-state index in [1.165, 1.54) is 52.0 Å². The van der Waals surface area contributed by atoms with Gasteiger partial charge in [0.25, 0.3) is 0 Å². The average molecular weight is 212 g/mol. The first-order valence-corrected chi connectivity index (χ1v) is 6.50. The maximum atomic E-state index is 2.58. The molecule has 0 saturated carbocycles. The molecule has 0 amide bonds. The zero-order chi connectivity index (χ0) is 11.3. The Labute approximate surface area is 95.6 Å². The lowest BCUT2D eigenvalue weighted by molar-refractivity contribution is 0.00354. The normalized spacial score (nSPS) is 20.6. The van der Waals surface area contributed by atoms with Gasteiger partial charge in [0.2, 0.25) is 0 Å². The highest BCUT2D eigenvalue weighted by atomic mass is 15.2. The van der Waals surface area contributed by atoms with Crippen molar-refractivity contribution in [3.05, 3.63) is 0 Å². The molecule has 2 heteroatoms. The third-order valence-electron chi connectivity index (χ3n) is 3.45. The Balaban J connectivity index is 2.12. The molecule has 0 unspecified atom stereocenters. The van der Waals surface area contributed by atoms with Gasteiger partial charge in [0, 0.05) is 13.1 Å². The first-order chi connectivity index (χ1) is 7.09. The molecule has 1 rings (SSSR count). The second-order valence-corrected chi connectivity index (χ2v) is 5.57. The van der Waals surface area contributed by atoms with Gasteiger partial charge in [-0.1, -0.05) is 20.8 Å². The van der Waals surface area contributed by atoms with Gasteiger partial charge in [-0.15, -0.1) is 0 Å². The molecule has 0 atom stereocenters. The fourth-order valence-corrected chi connectivity index (χ4v) is 2.62. The van der Waals surface area contributed by atoms with Crippen LogP contribution in [0.1, 0.15) is 40.0 Å². The summed E-state index contributed by atoms with van der Waals surface area (Å²) in [6.45, 7) is 13.4. The summed E-state index contributed by atoms with van der Waals surface area (Å²) in [6.07, 6.45) is 3.94. The van der Waals surface area contributed by atoms with E-state index in [9.17, 15) is 0 Å². The SMILES string of the molecule is CCCN(C)CCC1(C)CN(CCC)C1. The van der Waals surface area contributed by atoms with E-state index < -0.39 is 0 Å². The summed E-state index contributed by atoms with van der Waals surface area (Å²) in [5, 5.41) is 0. The molecule has 1 saturated heterocycles. The minimum absolute atomic E-state index is 0.608. The Morgan fingerprint density at radius 3 is 2.33 bits per heavy atom. The molecule has 1 aliphatic heterocycles. The van der Waals surface area contributed by atoms with E-state index >= 15 is 0 Å². The summed E-state index contributed by atoms with van der Waals surface area (Å²) in [7, 11) is 2.25. The van der Waals surface area contributed by atoms with Crippen molar-refractivity contribution in [2.75, 3.05) is 39.8 Å².